The number of methoxy groups -OCH3 is 2. The van der Waals surface area contributed by atoms with Crippen molar-refractivity contribution in [3.8, 4) is 17.2 Å². The highest BCUT2D eigenvalue weighted by Gasteiger charge is 2.04. The van der Waals surface area contributed by atoms with Gasteiger partial charge in [0.25, 0.3) is 0 Å². The average Bonchev–Trinajstić information content (AvgIpc) is 3.39. The Hall–Kier alpha value is -3.09. The van der Waals surface area contributed by atoms with E-state index in [0.717, 1.165) is 62.6 Å². The Labute approximate surface area is 197 Å². The largest absolute Gasteiger partial charge is 0.497 e. The number of aromatic nitrogens is 2. The molecule has 1 aromatic heterocycles. The van der Waals surface area contributed by atoms with Gasteiger partial charge in [-0.2, -0.15) is 0 Å². The second-order valence-electron chi connectivity index (χ2n) is 8.13. The smallest absolute Gasteiger partial charge is 0.122 e. The number of benzene rings is 2. The van der Waals surface area contributed by atoms with Gasteiger partial charge in [-0.1, -0.05) is 24.3 Å². The van der Waals surface area contributed by atoms with E-state index in [4.69, 9.17) is 9.47 Å². The van der Waals surface area contributed by atoms with Gasteiger partial charge in [-0.05, 0) is 81.3 Å². The van der Waals surface area contributed by atoms with Crippen LogP contribution in [0.2, 0.25) is 0 Å². The molecule has 0 spiro atoms. The molecule has 176 valence electrons. The maximum Gasteiger partial charge on any atom is 0.122 e. The van der Waals surface area contributed by atoms with E-state index < -0.39 is 0 Å². The van der Waals surface area contributed by atoms with Crippen molar-refractivity contribution < 1.29 is 9.47 Å². The van der Waals surface area contributed by atoms with Gasteiger partial charge in [0.15, 0.2) is 0 Å². The molecule has 1 N–H and O–H groups in total. The SMILES string of the molecule is COc1cc(CCN(C)CCCNCC/C=C/c2ccc(-n3ccnc3)cc2)cc(OC)c1. The summed E-state index contributed by atoms with van der Waals surface area (Å²) < 4.78 is 12.7. The van der Waals surface area contributed by atoms with E-state index in [1.54, 1.807) is 20.4 Å². The molecular weight excluding hydrogens is 412 g/mol. The summed E-state index contributed by atoms with van der Waals surface area (Å²) >= 11 is 0. The van der Waals surface area contributed by atoms with Crippen molar-refractivity contribution in [2.45, 2.75) is 19.3 Å². The highest BCUT2D eigenvalue weighted by Crippen LogP contribution is 2.22. The summed E-state index contributed by atoms with van der Waals surface area (Å²) in [7, 11) is 5.56. The molecule has 0 unspecified atom stereocenters. The van der Waals surface area contributed by atoms with Crippen LogP contribution < -0.4 is 14.8 Å². The lowest BCUT2D eigenvalue weighted by molar-refractivity contribution is 0.330. The Morgan fingerprint density at radius 1 is 1.00 bits per heavy atom. The molecule has 6 heteroatoms. The van der Waals surface area contributed by atoms with Gasteiger partial charge in [0.1, 0.15) is 11.5 Å². The maximum atomic E-state index is 5.36. The van der Waals surface area contributed by atoms with Gasteiger partial charge in [-0.25, -0.2) is 4.98 Å². The normalized spacial score (nSPS) is 11.4. The van der Waals surface area contributed by atoms with E-state index in [-0.39, 0.29) is 0 Å². The van der Waals surface area contributed by atoms with Gasteiger partial charge in [-0.15, -0.1) is 0 Å². The maximum absolute atomic E-state index is 5.36. The molecule has 0 aliphatic carbocycles. The second kappa shape index (κ2) is 13.5. The number of likely N-dealkylation sites (N-methyl/N-ethyl adjacent to an activating group) is 1. The Balaban J connectivity index is 1.25. The van der Waals surface area contributed by atoms with Crippen LogP contribution >= 0.6 is 0 Å². The van der Waals surface area contributed by atoms with E-state index in [2.05, 4.69) is 70.8 Å². The van der Waals surface area contributed by atoms with E-state index in [0.29, 0.717) is 0 Å². The molecular formula is C27H36N4O2. The summed E-state index contributed by atoms with van der Waals surface area (Å²) in [5, 5.41) is 3.54. The first-order valence-corrected chi connectivity index (χ1v) is 11.5. The van der Waals surface area contributed by atoms with Crippen molar-refractivity contribution in [1.29, 1.82) is 0 Å². The number of rotatable bonds is 14. The fourth-order valence-corrected chi connectivity index (χ4v) is 3.62. The van der Waals surface area contributed by atoms with E-state index in [9.17, 15) is 0 Å². The van der Waals surface area contributed by atoms with Crippen molar-refractivity contribution in [1.82, 2.24) is 19.8 Å². The number of ether oxygens (including phenoxy) is 2. The third-order valence-corrected chi connectivity index (χ3v) is 5.58. The molecule has 2 aromatic carbocycles. The summed E-state index contributed by atoms with van der Waals surface area (Å²) in [5.74, 6) is 1.69. The molecule has 0 fully saturated rings. The van der Waals surface area contributed by atoms with Crippen LogP contribution in [0.1, 0.15) is 24.0 Å². The van der Waals surface area contributed by atoms with Crippen LogP contribution in [0.3, 0.4) is 0 Å². The molecule has 0 saturated heterocycles. The lowest BCUT2D eigenvalue weighted by atomic mass is 10.1. The van der Waals surface area contributed by atoms with Crippen molar-refractivity contribution in [2.75, 3.05) is 47.4 Å². The predicted molar refractivity (Wildman–Crippen MR) is 135 cm³/mol. The predicted octanol–water partition coefficient (Wildman–Crippen LogP) is 4.45. The first-order chi connectivity index (χ1) is 16.2. The van der Waals surface area contributed by atoms with Crippen molar-refractivity contribution in [3.63, 3.8) is 0 Å². The fraction of sp³-hybridized carbons (Fsp3) is 0.370. The minimum absolute atomic E-state index is 0.844. The molecule has 6 nitrogen and oxygen atoms in total. The van der Waals surface area contributed by atoms with E-state index in [1.165, 1.54) is 11.1 Å². The highest BCUT2D eigenvalue weighted by molar-refractivity contribution is 5.51. The second-order valence-corrected chi connectivity index (χ2v) is 8.13. The molecule has 33 heavy (non-hydrogen) atoms. The van der Waals surface area contributed by atoms with Crippen molar-refractivity contribution >= 4 is 6.08 Å². The summed E-state index contributed by atoms with van der Waals surface area (Å²) in [4.78, 5) is 6.46. The van der Waals surface area contributed by atoms with Crippen LogP contribution in [0.25, 0.3) is 11.8 Å². The first-order valence-electron chi connectivity index (χ1n) is 11.5. The summed E-state index contributed by atoms with van der Waals surface area (Å²) in [6.07, 6.45) is 13.1. The van der Waals surface area contributed by atoms with Gasteiger partial charge < -0.3 is 24.3 Å². The number of hydrogen-bond donors (Lipinski definition) is 1. The third kappa shape index (κ3) is 8.40. The molecule has 0 amide bonds. The van der Waals surface area contributed by atoms with Gasteiger partial charge >= 0.3 is 0 Å². The number of nitrogens with one attached hydrogen (secondary N) is 1. The Bertz CT molecular complexity index is 946. The van der Waals surface area contributed by atoms with E-state index in [1.807, 2.05) is 23.2 Å². The van der Waals surface area contributed by atoms with Gasteiger partial charge in [0, 0.05) is 30.7 Å². The molecule has 0 saturated carbocycles. The number of imidazole rings is 1. The zero-order chi connectivity index (χ0) is 23.3. The standard InChI is InChI=1S/C27H36N4O2/c1-30(17-12-24-19-26(32-2)21-27(20-24)33-3)16-6-14-28-13-5-4-7-23-8-10-25(11-9-23)31-18-15-29-22-31/h4,7-11,15,18-22,28H,5-6,12-14,16-17H2,1-3H3/b7-4+. The minimum atomic E-state index is 0.844. The van der Waals surface area contributed by atoms with Crippen LogP contribution in [0.15, 0.2) is 67.3 Å². The van der Waals surface area contributed by atoms with Crippen molar-refractivity contribution in [2.24, 2.45) is 0 Å². The monoisotopic (exact) mass is 448 g/mol. The van der Waals surface area contributed by atoms with Crippen LogP contribution in [-0.2, 0) is 6.42 Å². The van der Waals surface area contributed by atoms with Gasteiger partial charge in [-0.3, -0.25) is 0 Å². The molecule has 0 radical (unpaired) electrons. The molecule has 0 aliphatic heterocycles. The average molecular weight is 449 g/mol. The summed E-state index contributed by atoms with van der Waals surface area (Å²) in [6, 6.07) is 14.6. The molecule has 0 aliphatic rings. The minimum Gasteiger partial charge on any atom is -0.497 e. The molecule has 1 heterocycles. The zero-order valence-electron chi connectivity index (χ0n) is 20.0. The van der Waals surface area contributed by atoms with Crippen molar-refractivity contribution in [3.05, 3.63) is 78.4 Å². The zero-order valence-corrected chi connectivity index (χ0v) is 20.0. The molecule has 0 atom stereocenters. The lowest BCUT2D eigenvalue weighted by Gasteiger charge is -2.17. The number of hydrogen-bond acceptors (Lipinski definition) is 5. The Kier molecular flexibility index (Phi) is 10.0. The Morgan fingerprint density at radius 2 is 1.76 bits per heavy atom. The summed E-state index contributed by atoms with van der Waals surface area (Å²) in [6.45, 7) is 4.12. The molecule has 3 rings (SSSR count). The van der Waals surface area contributed by atoms with E-state index >= 15 is 0 Å². The lowest BCUT2D eigenvalue weighted by Crippen LogP contribution is -2.26. The van der Waals surface area contributed by atoms with Gasteiger partial charge in [0.05, 0.1) is 20.5 Å². The molecule has 3 aromatic rings. The quantitative estimate of drug-likeness (QED) is 0.369. The topological polar surface area (TPSA) is 51.5 Å². The summed E-state index contributed by atoms with van der Waals surface area (Å²) in [5.41, 5.74) is 3.58. The van der Waals surface area contributed by atoms with Crippen LogP contribution in [-0.4, -0.2) is 61.9 Å². The van der Waals surface area contributed by atoms with Crippen LogP contribution in [0.5, 0.6) is 11.5 Å². The number of nitrogens with zero attached hydrogens (tertiary/aromatic N) is 3. The molecule has 0 bridgehead atoms. The van der Waals surface area contributed by atoms with Crippen LogP contribution in [0, 0.1) is 0 Å². The van der Waals surface area contributed by atoms with Crippen LogP contribution in [0.4, 0.5) is 0 Å². The highest BCUT2D eigenvalue weighted by atomic mass is 16.5. The Morgan fingerprint density at radius 3 is 2.42 bits per heavy atom. The first kappa shape index (κ1) is 24.6. The third-order valence-electron chi connectivity index (χ3n) is 5.58. The van der Waals surface area contributed by atoms with Gasteiger partial charge in [0.2, 0.25) is 0 Å². The fourth-order valence-electron chi connectivity index (χ4n) is 3.62.